The summed E-state index contributed by atoms with van der Waals surface area (Å²) < 4.78 is 5.30. The number of nitrogens with one attached hydrogen (secondary N) is 1. The second-order valence-corrected chi connectivity index (χ2v) is 5.43. The van der Waals surface area contributed by atoms with E-state index in [1.54, 1.807) is 14.0 Å². The molecular weight excluding hydrogens is 274 g/mol. The van der Waals surface area contributed by atoms with Gasteiger partial charge in [0.05, 0.1) is 18.8 Å². The highest BCUT2D eigenvalue weighted by Gasteiger charge is 2.18. The highest BCUT2D eigenvalue weighted by molar-refractivity contribution is 7.17. The molecule has 0 fully saturated rings. The largest absolute Gasteiger partial charge is 0.496 e. The molecule has 0 aliphatic rings. The Labute approximate surface area is 121 Å². The van der Waals surface area contributed by atoms with Crippen LogP contribution in [-0.4, -0.2) is 18.0 Å². The minimum Gasteiger partial charge on any atom is -0.496 e. The molecule has 1 amide bonds. The zero-order valence-electron chi connectivity index (χ0n) is 11.6. The molecule has 1 heterocycles. The first kappa shape index (κ1) is 14.3. The molecule has 1 atom stereocenters. The number of aryl methyl sites for hydroxylation is 1. The molecule has 2 rings (SSSR count). The molecule has 5 nitrogen and oxygen atoms in total. The summed E-state index contributed by atoms with van der Waals surface area (Å²) in [6.45, 7) is 3.69. The Morgan fingerprint density at radius 3 is 2.75 bits per heavy atom. The van der Waals surface area contributed by atoms with Crippen molar-refractivity contribution in [3.05, 3.63) is 40.4 Å². The Morgan fingerprint density at radius 2 is 2.15 bits per heavy atom. The predicted molar refractivity (Wildman–Crippen MR) is 80.1 cm³/mol. The first-order chi connectivity index (χ1) is 9.52. The molecule has 0 bridgehead atoms. The number of carbonyl (C=O) groups excluding carboxylic acids is 1. The second-order valence-electron chi connectivity index (χ2n) is 4.40. The van der Waals surface area contributed by atoms with E-state index in [0.29, 0.717) is 15.7 Å². The molecule has 0 spiro atoms. The minimum atomic E-state index is -0.171. The number of aromatic nitrogens is 1. The molecule has 0 radical (unpaired) electrons. The molecule has 0 unspecified atom stereocenters. The molecule has 6 heteroatoms. The number of ether oxygens (including phenoxy) is 1. The van der Waals surface area contributed by atoms with Crippen LogP contribution in [0.5, 0.6) is 5.75 Å². The Hall–Kier alpha value is -2.08. The van der Waals surface area contributed by atoms with Gasteiger partial charge in [-0.25, -0.2) is 4.98 Å². The van der Waals surface area contributed by atoms with Crippen LogP contribution in [0.1, 0.15) is 33.9 Å². The van der Waals surface area contributed by atoms with Crippen molar-refractivity contribution < 1.29 is 9.53 Å². The van der Waals surface area contributed by atoms with Gasteiger partial charge in [0, 0.05) is 5.56 Å². The molecule has 3 N–H and O–H groups in total. The fourth-order valence-corrected chi connectivity index (χ4v) is 2.73. The molecule has 0 saturated heterocycles. The van der Waals surface area contributed by atoms with Crippen molar-refractivity contribution in [3.8, 4) is 5.75 Å². The predicted octanol–water partition coefficient (Wildman–Crippen LogP) is 2.53. The van der Waals surface area contributed by atoms with Crippen LogP contribution in [-0.2, 0) is 0 Å². The monoisotopic (exact) mass is 291 g/mol. The quantitative estimate of drug-likeness (QED) is 0.907. The number of hydrogen-bond donors (Lipinski definition) is 2. The van der Waals surface area contributed by atoms with Gasteiger partial charge in [-0.15, -0.1) is 0 Å². The van der Waals surface area contributed by atoms with E-state index >= 15 is 0 Å². The number of carbonyl (C=O) groups is 1. The van der Waals surface area contributed by atoms with E-state index < -0.39 is 0 Å². The third-order valence-corrected chi connectivity index (χ3v) is 3.96. The van der Waals surface area contributed by atoms with Gasteiger partial charge in [-0.1, -0.05) is 29.5 Å². The maximum Gasteiger partial charge on any atom is 0.263 e. The maximum absolute atomic E-state index is 12.2. The summed E-state index contributed by atoms with van der Waals surface area (Å²) in [6, 6.07) is 7.44. The van der Waals surface area contributed by atoms with Gasteiger partial charge in [-0.2, -0.15) is 0 Å². The fraction of sp³-hybridized carbons (Fsp3) is 0.286. The van der Waals surface area contributed by atoms with E-state index in [-0.39, 0.29) is 11.9 Å². The average Bonchev–Trinajstić information content (AvgIpc) is 2.77. The molecule has 0 saturated carbocycles. The lowest BCUT2D eigenvalue weighted by Crippen LogP contribution is -2.26. The summed E-state index contributed by atoms with van der Waals surface area (Å²) in [5, 5.41) is 3.34. The van der Waals surface area contributed by atoms with E-state index in [4.69, 9.17) is 10.5 Å². The number of nitrogens with zero attached hydrogens (tertiary/aromatic N) is 1. The molecule has 0 aliphatic heterocycles. The number of hydrogen-bond acceptors (Lipinski definition) is 5. The highest BCUT2D eigenvalue weighted by Crippen LogP contribution is 2.26. The molecule has 20 heavy (non-hydrogen) atoms. The normalized spacial score (nSPS) is 11.9. The van der Waals surface area contributed by atoms with Crippen LogP contribution in [0.3, 0.4) is 0 Å². The SMILES string of the molecule is COc1ccccc1[C@@H](C)NC(=O)c1sc(N)nc1C. The molecule has 0 aliphatic carbocycles. The summed E-state index contributed by atoms with van der Waals surface area (Å²) in [4.78, 5) is 16.8. The summed E-state index contributed by atoms with van der Waals surface area (Å²) in [5.74, 6) is 0.580. The van der Waals surface area contributed by atoms with Crippen molar-refractivity contribution in [3.63, 3.8) is 0 Å². The topological polar surface area (TPSA) is 77.2 Å². The zero-order chi connectivity index (χ0) is 14.7. The number of rotatable bonds is 4. The molecule has 2 aromatic rings. The van der Waals surface area contributed by atoms with Crippen LogP contribution < -0.4 is 15.8 Å². The number of amides is 1. The zero-order valence-corrected chi connectivity index (χ0v) is 12.5. The summed E-state index contributed by atoms with van der Waals surface area (Å²) in [6.07, 6.45) is 0. The van der Waals surface area contributed by atoms with Crippen LogP contribution in [0.15, 0.2) is 24.3 Å². The molecule has 1 aromatic carbocycles. The van der Waals surface area contributed by atoms with E-state index in [2.05, 4.69) is 10.3 Å². The van der Waals surface area contributed by atoms with Gasteiger partial charge in [-0.3, -0.25) is 4.79 Å². The van der Waals surface area contributed by atoms with Crippen LogP contribution in [0.4, 0.5) is 5.13 Å². The van der Waals surface area contributed by atoms with Crippen LogP contribution >= 0.6 is 11.3 Å². The molecular formula is C14H17N3O2S. The third kappa shape index (κ3) is 2.91. The van der Waals surface area contributed by atoms with Gasteiger partial charge < -0.3 is 15.8 Å². The number of anilines is 1. The second kappa shape index (κ2) is 5.92. The fourth-order valence-electron chi connectivity index (χ4n) is 1.99. The van der Waals surface area contributed by atoms with Crippen LogP contribution in [0, 0.1) is 6.92 Å². The summed E-state index contributed by atoms with van der Waals surface area (Å²) in [7, 11) is 1.61. The van der Waals surface area contributed by atoms with Gasteiger partial charge in [0.1, 0.15) is 10.6 Å². The van der Waals surface area contributed by atoms with Crippen molar-refractivity contribution in [2.24, 2.45) is 0 Å². The average molecular weight is 291 g/mol. The Bertz CT molecular complexity index is 625. The van der Waals surface area contributed by atoms with Crippen LogP contribution in [0.25, 0.3) is 0 Å². The lowest BCUT2D eigenvalue weighted by Gasteiger charge is -2.16. The highest BCUT2D eigenvalue weighted by atomic mass is 32.1. The van der Waals surface area contributed by atoms with Gasteiger partial charge >= 0.3 is 0 Å². The maximum atomic E-state index is 12.2. The van der Waals surface area contributed by atoms with Crippen LogP contribution in [0.2, 0.25) is 0 Å². The summed E-state index contributed by atoms with van der Waals surface area (Å²) in [5.41, 5.74) is 7.19. The number of methoxy groups -OCH3 is 1. The van der Waals surface area contributed by atoms with Gasteiger partial charge in [0.15, 0.2) is 5.13 Å². The lowest BCUT2D eigenvalue weighted by molar-refractivity contribution is 0.0943. The standard InChI is InChI=1S/C14H17N3O2S/c1-8(10-6-4-5-7-11(10)19-3)16-13(18)12-9(2)17-14(15)20-12/h4-8H,1-3H3,(H2,15,17)(H,16,18)/t8-/m1/s1. The smallest absolute Gasteiger partial charge is 0.263 e. The van der Waals surface area contributed by atoms with Gasteiger partial charge in [-0.05, 0) is 19.9 Å². The lowest BCUT2D eigenvalue weighted by atomic mass is 10.1. The Kier molecular flexibility index (Phi) is 4.24. The number of benzene rings is 1. The number of para-hydroxylation sites is 1. The van der Waals surface area contributed by atoms with Gasteiger partial charge in [0.25, 0.3) is 5.91 Å². The Balaban J connectivity index is 2.17. The van der Waals surface area contributed by atoms with E-state index in [1.807, 2.05) is 31.2 Å². The van der Waals surface area contributed by atoms with Crippen molar-refractivity contribution in [2.45, 2.75) is 19.9 Å². The Morgan fingerprint density at radius 1 is 1.45 bits per heavy atom. The first-order valence-electron chi connectivity index (χ1n) is 6.19. The summed E-state index contributed by atoms with van der Waals surface area (Å²) >= 11 is 1.19. The van der Waals surface area contributed by atoms with E-state index in [9.17, 15) is 4.79 Å². The third-order valence-electron chi connectivity index (χ3n) is 2.97. The first-order valence-corrected chi connectivity index (χ1v) is 7.01. The van der Waals surface area contributed by atoms with Gasteiger partial charge in [0.2, 0.25) is 0 Å². The number of thiazole rings is 1. The van der Waals surface area contributed by atoms with Crippen molar-refractivity contribution in [1.29, 1.82) is 0 Å². The molecule has 106 valence electrons. The van der Waals surface area contributed by atoms with Crippen molar-refractivity contribution in [1.82, 2.24) is 10.3 Å². The van der Waals surface area contributed by atoms with E-state index in [1.165, 1.54) is 11.3 Å². The van der Waals surface area contributed by atoms with E-state index in [0.717, 1.165) is 11.3 Å². The number of nitrogen functional groups attached to an aromatic ring is 1. The van der Waals surface area contributed by atoms with Crippen molar-refractivity contribution in [2.75, 3.05) is 12.8 Å². The van der Waals surface area contributed by atoms with Crippen molar-refractivity contribution >= 4 is 22.4 Å². The minimum absolute atomic E-state index is 0.165. The number of nitrogens with two attached hydrogens (primary N) is 1. The molecule has 1 aromatic heterocycles.